The minimum atomic E-state index is 0.245. The van der Waals surface area contributed by atoms with Crippen molar-refractivity contribution >= 4 is 33.7 Å². The molecule has 8 nitrogen and oxygen atoms in total. The quantitative estimate of drug-likeness (QED) is 0.115. The first-order valence-corrected chi connectivity index (χ1v) is 11.9. The van der Waals surface area contributed by atoms with Crippen LogP contribution in [0.3, 0.4) is 0 Å². The first kappa shape index (κ1) is 26.0. The van der Waals surface area contributed by atoms with Crippen LogP contribution in [0, 0.1) is 43.4 Å². The molecule has 1 aromatic heterocycles. The Balaban J connectivity index is 1.90. The van der Waals surface area contributed by atoms with E-state index in [9.17, 15) is 10.5 Å². The van der Waals surface area contributed by atoms with Gasteiger partial charge in [-0.2, -0.15) is 14.9 Å². The summed E-state index contributed by atoms with van der Waals surface area (Å²) < 4.78 is 4.14. The van der Waals surface area contributed by atoms with Gasteiger partial charge in [0.15, 0.2) is 5.00 Å². The summed E-state index contributed by atoms with van der Waals surface area (Å²) in [6.45, 7) is 11.7. The molecule has 0 radical (unpaired) electrons. The molecule has 0 spiro atoms. The molecule has 3 rings (SSSR count). The smallest absolute Gasteiger partial charge is 0.176 e. The Bertz CT molecular complexity index is 1410. The molecule has 0 atom stereocenters. The van der Waals surface area contributed by atoms with Crippen LogP contribution in [0.15, 0.2) is 87.2 Å². The third kappa shape index (κ3) is 6.72. The monoisotopic (exact) mass is 494 g/mol. The number of nitriles is 2. The van der Waals surface area contributed by atoms with Crippen LogP contribution in [0.25, 0.3) is 0 Å². The molecule has 0 bridgehead atoms. The fourth-order valence-corrected chi connectivity index (χ4v) is 3.71. The van der Waals surface area contributed by atoms with E-state index < -0.39 is 0 Å². The van der Waals surface area contributed by atoms with E-state index >= 15 is 0 Å². The number of nitrogens with one attached hydrogen (secondary N) is 2. The van der Waals surface area contributed by atoms with Crippen LogP contribution in [0.4, 0.5) is 16.4 Å². The summed E-state index contributed by atoms with van der Waals surface area (Å²) in [4.78, 5) is 4.63. The summed E-state index contributed by atoms with van der Waals surface area (Å²) in [5, 5.41) is 34.5. The van der Waals surface area contributed by atoms with Crippen LogP contribution in [0.5, 0.6) is 0 Å². The van der Waals surface area contributed by atoms with Gasteiger partial charge in [0.2, 0.25) is 0 Å². The highest BCUT2D eigenvalue weighted by Crippen LogP contribution is 2.28. The molecule has 0 unspecified atom stereocenters. The maximum Gasteiger partial charge on any atom is 0.176 e. The second-order valence-corrected chi connectivity index (χ2v) is 8.77. The third-order valence-electron chi connectivity index (χ3n) is 5.26. The van der Waals surface area contributed by atoms with Gasteiger partial charge >= 0.3 is 0 Å². The van der Waals surface area contributed by atoms with Gasteiger partial charge in [0.05, 0.1) is 17.0 Å². The summed E-state index contributed by atoms with van der Waals surface area (Å²) in [6, 6.07) is 20.1. The van der Waals surface area contributed by atoms with E-state index in [0.29, 0.717) is 27.7 Å². The van der Waals surface area contributed by atoms with Crippen molar-refractivity contribution in [2.75, 3.05) is 17.3 Å². The van der Waals surface area contributed by atoms with Gasteiger partial charge < -0.3 is 10.6 Å². The van der Waals surface area contributed by atoms with Crippen molar-refractivity contribution in [1.29, 1.82) is 10.5 Å². The van der Waals surface area contributed by atoms with Gasteiger partial charge in [-0.15, -0.1) is 10.2 Å². The molecule has 3 aromatic rings. The molecule has 9 heteroatoms. The largest absolute Gasteiger partial charge is 0.366 e. The van der Waals surface area contributed by atoms with Crippen molar-refractivity contribution in [3.8, 4) is 12.1 Å². The zero-order valence-corrected chi connectivity index (χ0v) is 21.4. The van der Waals surface area contributed by atoms with E-state index in [0.717, 1.165) is 28.5 Å². The lowest BCUT2D eigenvalue weighted by molar-refractivity contribution is 1.12. The Labute approximate surface area is 215 Å². The van der Waals surface area contributed by atoms with Crippen LogP contribution < -0.4 is 10.6 Å². The lowest BCUT2D eigenvalue weighted by Gasteiger charge is -2.13. The molecule has 0 saturated carbocycles. The zero-order chi connectivity index (χ0) is 26.1. The summed E-state index contributed by atoms with van der Waals surface area (Å²) in [7, 11) is 0. The highest BCUT2D eigenvalue weighted by Gasteiger charge is 2.15. The number of aliphatic imine (C=N–C) groups is 1. The summed E-state index contributed by atoms with van der Waals surface area (Å²) in [6.07, 6.45) is 0. The number of aromatic nitrogens is 1. The standard InChI is InChI=1S/C27H26N8S/c1-17-6-10-22(11-7-17)30-16-31-26(32-23-12-8-18(2)9-13-23)24(14-28)19(3)20(4)33-34-27-25(15-29)21(5)35-36-27/h6-13,30H,4,16H2,1-3,5H3,(H,31,32)/b24-19-,34-33?. The molecule has 0 amide bonds. The molecule has 2 N–H and O–H groups in total. The Morgan fingerprint density at radius 1 is 1.00 bits per heavy atom. The van der Waals surface area contributed by atoms with E-state index in [1.54, 1.807) is 13.8 Å². The second-order valence-electron chi connectivity index (χ2n) is 8.02. The lowest BCUT2D eigenvalue weighted by atomic mass is 10.1. The SMILES string of the molecule is C=C(N=Nc1snc(C)c1C#N)/C(C)=C(/C#N)C(=NCNc1ccc(C)cc1)Nc1ccc(C)cc1. The Hall–Kier alpha value is -4.60. The molecular weight excluding hydrogens is 468 g/mol. The van der Waals surface area contributed by atoms with Crippen molar-refractivity contribution in [3.05, 3.63) is 94.3 Å². The number of allylic oxidation sites excluding steroid dienone is 1. The maximum absolute atomic E-state index is 10.0. The predicted molar refractivity (Wildman–Crippen MR) is 145 cm³/mol. The minimum Gasteiger partial charge on any atom is -0.366 e. The number of nitrogens with zero attached hydrogens (tertiary/aromatic N) is 6. The molecule has 0 aliphatic rings. The van der Waals surface area contributed by atoms with Crippen LogP contribution in [0.2, 0.25) is 0 Å². The number of hydrogen-bond donors (Lipinski definition) is 2. The second kappa shape index (κ2) is 12.2. The van der Waals surface area contributed by atoms with Crippen molar-refractivity contribution in [2.24, 2.45) is 15.2 Å². The van der Waals surface area contributed by atoms with E-state index in [1.165, 1.54) is 5.56 Å². The molecule has 2 aromatic carbocycles. The number of azo groups is 1. The van der Waals surface area contributed by atoms with Gasteiger partial charge in [0.25, 0.3) is 0 Å². The lowest BCUT2D eigenvalue weighted by Crippen LogP contribution is -2.18. The van der Waals surface area contributed by atoms with Gasteiger partial charge in [0.1, 0.15) is 30.2 Å². The number of aryl methyl sites for hydroxylation is 3. The Kier molecular flexibility index (Phi) is 8.82. The van der Waals surface area contributed by atoms with Crippen LogP contribution in [0.1, 0.15) is 29.3 Å². The Morgan fingerprint density at radius 3 is 2.19 bits per heavy atom. The number of benzene rings is 2. The molecular formula is C27H26N8S. The van der Waals surface area contributed by atoms with E-state index in [2.05, 4.69) is 48.9 Å². The van der Waals surface area contributed by atoms with E-state index in [-0.39, 0.29) is 17.9 Å². The number of hydrogen-bond acceptors (Lipinski definition) is 8. The topological polar surface area (TPSA) is 122 Å². The highest BCUT2D eigenvalue weighted by molar-refractivity contribution is 7.10. The van der Waals surface area contributed by atoms with Crippen LogP contribution in [-0.2, 0) is 0 Å². The Morgan fingerprint density at radius 2 is 1.61 bits per heavy atom. The fraction of sp³-hybridized carbons (Fsp3) is 0.185. The fourth-order valence-electron chi connectivity index (χ4n) is 3.03. The molecule has 1 heterocycles. The summed E-state index contributed by atoms with van der Waals surface area (Å²) >= 11 is 1.09. The van der Waals surface area contributed by atoms with Crippen molar-refractivity contribution in [3.63, 3.8) is 0 Å². The number of amidine groups is 1. The number of rotatable bonds is 8. The molecule has 0 aliphatic carbocycles. The van der Waals surface area contributed by atoms with E-state index in [4.69, 9.17) is 0 Å². The van der Waals surface area contributed by atoms with Gasteiger partial charge in [-0.25, -0.2) is 4.99 Å². The predicted octanol–water partition coefficient (Wildman–Crippen LogP) is 6.96. The van der Waals surface area contributed by atoms with Crippen LogP contribution >= 0.6 is 11.5 Å². The molecule has 0 aliphatic heterocycles. The average molecular weight is 495 g/mol. The van der Waals surface area contributed by atoms with Crippen LogP contribution in [-0.4, -0.2) is 16.9 Å². The van der Waals surface area contributed by atoms with Gasteiger partial charge in [-0.05, 0) is 69.1 Å². The molecule has 0 fully saturated rings. The summed E-state index contributed by atoms with van der Waals surface area (Å²) in [5.74, 6) is 0.376. The molecule has 0 saturated heterocycles. The van der Waals surface area contributed by atoms with Crippen molar-refractivity contribution in [1.82, 2.24) is 4.37 Å². The van der Waals surface area contributed by atoms with Gasteiger partial charge in [-0.1, -0.05) is 42.0 Å². The highest BCUT2D eigenvalue weighted by atomic mass is 32.1. The van der Waals surface area contributed by atoms with E-state index in [1.807, 2.05) is 62.4 Å². The average Bonchev–Trinajstić information content (AvgIpc) is 3.24. The first-order valence-electron chi connectivity index (χ1n) is 11.1. The molecule has 180 valence electrons. The zero-order valence-electron chi connectivity index (χ0n) is 20.6. The number of anilines is 2. The maximum atomic E-state index is 10.0. The van der Waals surface area contributed by atoms with Crippen molar-refractivity contribution < 1.29 is 0 Å². The minimum absolute atomic E-state index is 0.245. The summed E-state index contributed by atoms with van der Waals surface area (Å²) in [5.41, 5.74) is 6.06. The van der Waals surface area contributed by atoms with Gasteiger partial charge in [-0.3, -0.25) is 0 Å². The van der Waals surface area contributed by atoms with Crippen molar-refractivity contribution in [2.45, 2.75) is 27.7 Å². The normalized spacial score (nSPS) is 12.0. The first-order chi connectivity index (χ1) is 17.3. The third-order valence-corrected chi connectivity index (χ3v) is 6.08. The molecule has 36 heavy (non-hydrogen) atoms. The van der Waals surface area contributed by atoms with Gasteiger partial charge in [0, 0.05) is 11.4 Å².